The van der Waals surface area contributed by atoms with Gasteiger partial charge in [0.2, 0.25) is 0 Å². The molecule has 7 nitrogen and oxygen atoms in total. The van der Waals surface area contributed by atoms with Crippen LogP contribution in [0.25, 0.3) is 0 Å². The Balaban J connectivity index is 2.29. The van der Waals surface area contributed by atoms with Gasteiger partial charge in [-0.15, -0.1) is 0 Å². The molecular weight excluding hydrogens is 332 g/mol. The molecule has 1 amide bonds. The summed E-state index contributed by atoms with van der Waals surface area (Å²) >= 11 is 0. The molecule has 1 N–H and O–H groups in total. The SMILES string of the molecule is CCCCN(C)C(=O)c1cc(Nc2cc(OC)ccc2OC)nc(C)n1. The molecule has 0 fully saturated rings. The average molecular weight is 358 g/mol. The number of carbonyl (C=O) groups is 1. The second-order valence-corrected chi connectivity index (χ2v) is 5.96. The molecule has 1 heterocycles. The lowest BCUT2D eigenvalue weighted by atomic mass is 10.2. The Morgan fingerprint density at radius 2 is 1.96 bits per heavy atom. The van der Waals surface area contributed by atoms with E-state index in [1.54, 1.807) is 45.2 Å². The molecule has 2 aromatic rings. The van der Waals surface area contributed by atoms with Gasteiger partial charge in [-0.1, -0.05) is 13.3 Å². The van der Waals surface area contributed by atoms with Gasteiger partial charge in [-0.3, -0.25) is 4.79 Å². The number of benzene rings is 1. The van der Waals surface area contributed by atoms with Crippen molar-refractivity contribution >= 4 is 17.4 Å². The molecule has 0 bridgehead atoms. The van der Waals surface area contributed by atoms with E-state index in [1.807, 2.05) is 12.1 Å². The van der Waals surface area contributed by atoms with Gasteiger partial charge in [0, 0.05) is 25.7 Å². The minimum Gasteiger partial charge on any atom is -0.497 e. The van der Waals surface area contributed by atoms with Crippen molar-refractivity contribution in [3.05, 3.63) is 35.8 Å². The van der Waals surface area contributed by atoms with Crippen molar-refractivity contribution in [3.8, 4) is 11.5 Å². The smallest absolute Gasteiger partial charge is 0.272 e. The molecule has 1 aromatic carbocycles. The van der Waals surface area contributed by atoms with Crippen LogP contribution >= 0.6 is 0 Å². The number of nitrogens with zero attached hydrogens (tertiary/aromatic N) is 3. The zero-order valence-corrected chi connectivity index (χ0v) is 16.0. The Morgan fingerprint density at radius 3 is 2.62 bits per heavy atom. The van der Waals surface area contributed by atoms with Crippen LogP contribution in [0.2, 0.25) is 0 Å². The fourth-order valence-electron chi connectivity index (χ4n) is 2.48. The lowest BCUT2D eigenvalue weighted by Crippen LogP contribution is -2.28. The van der Waals surface area contributed by atoms with E-state index in [0.29, 0.717) is 41.1 Å². The van der Waals surface area contributed by atoms with Crippen LogP contribution in [0, 0.1) is 6.92 Å². The van der Waals surface area contributed by atoms with Crippen molar-refractivity contribution in [3.63, 3.8) is 0 Å². The van der Waals surface area contributed by atoms with Gasteiger partial charge in [-0.2, -0.15) is 0 Å². The summed E-state index contributed by atoms with van der Waals surface area (Å²) in [5, 5.41) is 3.19. The van der Waals surface area contributed by atoms with Crippen LogP contribution < -0.4 is 14.8 Å². The third-order valence-electron chi connectivity index (χ3n) is 3.92. The summed E-state index contributed by atoms with van der Waals surface area (Å²) < 4.78 is 10.6. The van der Waals surface area contributed by atoms with Crippen molar-refractivity contribution < 1.29 is 14.3 Å². The van der Waals surface area contributed by atoms with E-state index in [0.717, 1.165) is 12.8 Å². The van der Waals surface area contributed by atoms with Crippen LogP contribution in [-0.4, -0.2) is 48.6 Å². The monoisotopic (exact) mass is 358 g/mol. The first-order valence-electron chi connectivity index (χ1n) is 8.58. The molecule has 0 aliphatic heterocycles. The van der Waals surface area contributed by atoms with Crippen LogP contribution in [0.15, 0.2) is 24.3 Å². The Kier molecular flexibility index (Phi) is 6.77. The lowest BCUT2D eigenvalue weighted by molar-refractivity contribution is 0.0787. The molecule has 0 aliphatic rings. The third-order valence-corrected chi connectivity index (χ3v) is 3.92. The van der Waals surface area contributed by atoms with Gasteiger partial charge in [0.1, 0.15) is 28.8 Å². The van der Waals surface area contributed by atoms with E-state index < -0.39 is 0 Å². The number of hydrogen-bond donors (Lipinski definition) is 1. The third kappa shape index (κ3) is 4.84. The summed E-state index contributed by atoms with van der Waals surface area (Å²) in [5.74, 6) is 2.26. The number of nitrogens with one attached hydrogen (secondary N) is 1. The van der Waals surface area contributed by atoms with Crippen molar-refractivity contribution in [2.45, 2.75) is 26.7 Å². The molecule has 0 unspecified atom stereocenters. The van der Waals surface area contributed by atoms with Crippen LogP contribution in [0.4, 0.5) is 11.5 Å². The van der Waals surface area contributed by atoms with Gasteiger partial charge >= 0.3 is 0 Å². The van der Waals surface area contributed by atoms with Crippen molar-refractivity contribution in [2.24, 2.45) is 0 Å². The largest absolute Gasteiger partial charge is 0.497 e. The van der Waals surface area contributed by atoms with Crippen molar-refractivity contribution in [1.82, 2.24) is 14.9 Å². The summed E-state index contributed by atoms with van der Waals surface area (Å²) in [4.78, 5) is 22.9. The Morgan fingerprint density at radius 1 is 1.19 bits per heavy atom. The topological polar surface area (TPSA) is 76.6 Å². The molecule has 140 valence electrons. The van der Waals surface area contributed by atoms with Gasteiger partial charge in [0.25, 0.3) is 5.91 Å². The number of carbonyl (C=O) groups excluding carboxylic acids is 1. The minimum atomic E-state index is -0.121. The number of amides is 1. The number of methoxy groups -OCH3 is 2. The number of unbranched alkanes of at least 4 members (excludes halogenated alkanes) is 1. The molecule has 0 saturated carbocycles. The number of aromatic nitrogens is 2. The minimum absolute atomic E-state index is 0.121. The van der Waals surface area contributed by atoms with Gasteiger partial charge in [-0.05, 0) is 25.5 Å². The first-order chi connectivity index (χ1) is 12.5. The highest BCUT2D eigenvalue weighted by molar-refractivity contribution is 5.93. The van der Waals surface area contributed by atoms with E-state index in [2.05, 4.69) is 22.2 Å². The van der Waals surface area contributed by atoms with Crippen molar-refractivity contribution in [1.29, 1.82) is 0 Å². The van der Waals surface area contributed by atoms with Crippen molar-refractivity contribution in [2.75, 3.05) is 33.1 Å². The summed E-state index contributed by atoms with van der Waals surface area (Å²) in [6, 6.07) is 7.08. The van der Waals surface area contributed by atoms with E-state index in [1.165, 1.54) is 0 Å². The predicted molar refractivity (Wildman–Crippen MR) is 101 cm³/mol. The highest BCUT2D eigenvalue weighted by Crippen LogP contribution is 2.31. The molecule has 26 heavy (non-hydrogen) atoms. The summed E-state index contributed by atoms with van der Waals surface area (Å²) in [7, 11) is 4.98. The first-order valence-corrected chi connectivity index (χ1v) is 8.58. The molecule has 0 atom stereocenters. The fraction of sp³-hybridized carbons (Fsp3) is 0.421. The number of hydrogen-bond acceptors (Lipinski definition) is 6. The summed E-state index contributed by atoms with van der Waals surface area (Å²) in [6.07, 6.45) is 1.99. The maximum Gasteiger partial charge on any atom is 0.272 e. The second-order valence-electron chi connectivity index (χ2n) is 5.96. The number of anilines is 2. The standard InChI is InChI=1S/C19H26N4O3/c1-6-7-10-23(3)19(24)16-12-18(21-13(2)20-16)22-15-11-14(25-4)8-9-17(15)26-5/h8-9,11-12H,6-7,10H2,1-5H3,(H,20,21,22). The molecule has 0 radical (unpaired) electrons. The molecule has 0 saturated heterocycles. The number of ether oxygens (including phenoxy) is 2. The molecule has 0 aliphatic carbocycles. The quantitative estimate of drug-likeness (QED) is 0.779. The Bertz CT molecular complexity index is 764. The van der Waals surface area contributed by atoms with Crippen LogP contribution in [0.1, 0.15) is 36.1 Å². The van der Waals surface area contributed by atoms with Gasteiger partial charge < -0.3 is 19.7 Å². The lowest BCUT2D eigenvalue weighted by Gasteiger charge is -2.17. The Hall–Kier alpha value is -2.83. The van der Waals surface area contributed by atoms with E-state index in [9.17, 15) is 4.79 Å². The highest BCUT2D eigenvalue weighted by Gasteiger charge is 2.16. The molecule has 7 heteroatoms. The van der Waals surface area contributed by atoms with Gasteiger partial charge in [-0.25, -0.2) is 9.97 Å². The molecule has 2 rings (SSSR count). The van der Waals surface area contributed by atoms with E-state index in [4.69, 9.17) is 9.47 Å². The van der Waals surface area contributed by atoms with E-state index >= 15 is 0 Å². The fourth-order valence-corrected chi connectivity index (χ4v) is 2.48. The summed E-state index contributed by atoms with van der Waals surface area (Å²) in [5.41, 5.74) is 1.06. The Labute approximate surface area is 154 Å². The molecule has 1 aromatic heterocycles. The number of rotatable bonds is 8. The molecule has 0 spiro atoms. The maximum atomic E-state index is 12.6. The second kappa shape index (κ2) is 9.03. The average Bonchev–Trinajstić information content (AvgIpc) is 2.64. The van der Waals surface area contributed by atoms with Crippen LogP contribution in [-0.2, 0) is 0 Å². The normalized spacial score (nSPS) is 10.3. The predicted octanol–water partition coefficient (Wildman–Crippen LogP) is 3.42. The maximum absolute atomic E-state index is 12.6. The molecular formula is C19H26N4O3. The number of aryl methyl sites for hydroxylation is 1. The van der Waals surface area contributed by atoms with Crippen LogP contribution in [0.5, 0.6) is 11.5 Å². The van der Waals surface area contributed by atoms with Gasteiger partial charge in [0.15, 0.2) is 0 Å². The summed E-state index contributed by atoms with van der Waals surface area (Å²) in [6.45, 7) is 4.55. The highest BCUT2D eigenvalue weighted by atomic mass is 16.5. The van der Waals surface area contributed by atoms with Crippen LogP contribution in [0.3, 0.4) is 0 Å². The zero-order valence-electron chi connectivity index (χ0n) is 16.0. The first kappa shape index (κ1) is 19.5. The zero-order chi connectivity index (χ0) is 19.1. The van der Waals surface area contributed by atoms with Gasteiger partial charge in [0.05, 0.1) is 19.9 Å². The van der Waals surface area contributed by atoms with E-state index in [-0.39, 0.29) is 5.91 Å².